The maximum absolute atomic E-state index is 12.0. The smallest absolute Gasteiger partial charge is 0.248 e. The van der Waals surface area contributed by atoms with E-state index in [1.807, 2.05) is 43.5 Å². The number of benzene rings is 1. The highest BCUT2D eigenvalue weighted by molar-refractivity contribution is 7.98. The lowest BCUT2D eigenvalue weighted by Gasteiger charge is -2.09. The van der Waals surface area contributed by atoms with E-state index in [2.05, 4.69) is 10.3 Å². The average molecular weight is 344 g/mol. The second-order valence-electron chi connectivity index (χ2n) is 4.76. The average Bonchev–Trinajstić information content (AvgIpc) is 2.61. The van der Waals surface area contributed by atoms with Crippen LogP contribution < -0.4 is 14.8 Å². The summed E-state index contributed by atoms with van der Waals surface area (Å²) in [4.78, 5) is 16.2. The molecule has 6 heteroatoms. The second-order valence-corrected chi connectivity index (χ2v) is 5.58. The van der Waals surface area contributed by atoms with Crippen LogP contribution in [0.15, 0.2) is 47.6 Å². The molecule has 1 heterocycles. The lowest BCUT2D eigenvalue weighted by molar-refractivity contribution is -0.111. The third-order valence-corrected chi connectivity index (χ3v) is 3.79. The molecule has 2 rings (SSSR count). The van der Waals surface area contributed by atoms with Gasteiger partial charge in [-0.3, -0.25) is 4.79 Å². The first kappa shape index (κ1) is 17.9. The number of pyridine rings is 1. The summed E-state index contributed by atoms with van der Waals surface area (Å²) in [5.41, 5.74) is 1.51. The number of carbonyl (C=O) groups excluding carboxylic acids is 1. The molecule has 0 radical (unpaired) electrons. The van der Waals surface area contributed by atoms with E-state index < -0.39 is 0 Å². The van der Waals surface area contributed by atoms with Crippen molar-refractivity contribution in [1.82, 2.24) is 4.98 Å². The van der Waals surface area contributed by atoms with Crippen LogP contribution in [0.1, 0.15) is 12.5 Å². The summed E-state index contributed by atoms with van der Waals surface area (Å²) in [6.45, 7) is 2.48. The van der Waals surface area contributed by atoms with Crippen molar-refractivity contribution in [2.75, 3.05) is 25.3 Å². The minimum atomic E-state index is -0.221. The molecule has 126 valence electrons. The largest absolute Gasteiger partial charge is 0.493 e. The molecule has 1 aromatic carbocycles. The molecule has 1 amide bonds. The van der Waals surface area contributed by atoms with E-state index in [0.29, 0.717) is 23.8 Å². The van der Waals surface area contributed by atoms with Crippen molar-refractivity contribution in [3.8, 4) is 11.5 Å². The molecule has 1 aromatic heterocycles. The van der Waals surface area contributed by atoms with E-state index in [-0.39, 0.29) is 5.91 Å². The zero-order chi connectivity index (χ0) is 17.4. The summed E-state index contributed by atoms with van der Waals surface area (Å²) in [6.07, 6.45) is 6.78. The van der Waals surface area contributed by atoms with Gasteiger partial charge < -0.3 is 14.8 Å². The normalized spacial score (nSPS) is 10.6. The molecule has 0 aliphatic carbocycles. The van der Waals surface area contributed by atoms with Crippen LogP contribution in [-0.2, 0) is 4.79 Å². The molecule has 2 aromatic rings. The first-order valence-corrected chi connectivity index (χ1v) is 8.68. The molecule has 0 fully saturated rings. The SMILES string of the molecule is CCOc1ccc(/C=C/C(=O)Nc2ccc(SC)nc2)cc1OC. The molecule has 5 nitrogen and oxygen atoms in total. The topological polar surface area (TPSA) is 60.5 Å². The summed E-state index contributed by atoms with van der Waals surface area (Å²) >= 11 is 1.55. The lowest BCUT2D eigenvalue weighted by Crippen LogP contribution is -2.07. The third kappa shape index (κ3) is 5.03. The molecular weight excluding hydrogens is 324 g/mol. The highest BCUT2D eigenvalue weighted by atomic mass is 32.2. The molecule has 0 bridgehead atoms. The minimum absolute atomic E-state index is 0.221. The zero-order valence-electron chi connectivity index (χ0n) is 13.9. The number of amides is 1. The van der Waals surface area contributed by atoms with Crippen molar-refractivity contribution in [2.45, 2.75) is 11.9 Å². The van der Waals surface area contributed by atoms with Gasteiger partial charge in [0.2, 0.25) is 5.91 Å². The predicted molar refractivity (Wildman–Crippen MR) is 97.8 cm³/mol. The Morgan fingerprint density at radius 1 is 1.29 bits per heavy atom. The second kappa shape index (κ2) is 8.98. The number of aromatic nitrogens is 1. The highest BCUT2D eigenvalue weighted by Crippen LogP contribution is 2.28. The maximum Gasteiger partial charge on any atom is 0.248 e. The first-order valence-electron chi connectivity index (χ1n) is 7.46. The molecule has 0 saturated carbocycles. The minimum Gasteiger partial charge on any atom is -0.493 e. The van der Waals surface area contributed by atoms with Gasteiger partial charge in [0.25, 0.3) is 0 Å². The Morgan fingerprint density at radius 3 is 2.75 bits per heavy atom. The van der Waals surface area contributed by atoms with Gasteiger partial charge in [-0.05, 0) is 49.1 Å². The molecule has 24 heavy (non-hydrogen) atoms. The predicted octanol–water partition coefficient (Wildman–Crippen LogP) is 3.86. The fourth-order valence-electron chi connectivity index (χ4n) is 1.99. The Bertz CT molecular complexity index is 715. The van der Waals surface area contributed by atoms with E-state index in [1.54, 1.807) is 31.1 Å². The Kier molecular flexibility index (Phi) is 6.69. The number of carbonyl (C=O) groups is 1. The monoisotopic (exact) mass is 344 g/mol. The van der Waals surface area contributed by atoms with Crippen molar-refractivity contribution in [3.05, 3.63) is 48.2 Å². The number of hydrogen-bond donors (Lipinski definition) is 1. The number of ether oxygens (including phenoxy) is 2. The summed E-state index contributed by atoms with van der Waals surface area (Å²) < 4.78 is 10.8. The summed E-state index contributed by atoms with van der Waals surface area (Å²) in [5, 5.41) is 3.68. The van der Waals surface area contributed by atoms with Crippen LogP contribution in [0, 0.1) is 0 Å². The van der Waals surface area contributed by atoms with Crippen LogP contribution in [0.5, 0.6) is 11.5 Å². The van der Waals surface area contributed by atoms with Gasteiger partial charge >= 0.3 is 0 Å². The Labute approximate surface area is 146 Å². The van der Waals surface area contributed by atoms with Gasteiger partial charge in [0.1, 0.15) is 0 Å². The van der Waals surface area contributed by atoms with Crippen molar-refractivity contribution in [3.63, 3.8) is 0 Å². The molecule has 0 aliphatic heterocycles. The standard InChI is InChI=1S/C18H20N2O3S/c1-4-23-15-8-5-13(11-16(15)22-2)6-9-17(21)20-14-7-10-18(24-3)19-12-14/h5-12H,4H2,1-3H3,(H,20,21)/b9-6+. The Balaban J connectivity index is 2.02. The molecule has 0 unspecified atom stereocenters. The number of hydrogen-bond acceptors (Lipinski definition) is 5. The molecule has 0 spiro atoms. The van der Waals surface area contributed by atoms with Crippen molar-refractivity contribution in [2.24, 2.45) is 0 Å². The number of anilines is 1. The molecule has 0 saturated heterocycles. The Morgan fingerprint density at radius 2 is 2.12 bits per heavy atom. The Hall–Kier alpha value is -2.47. The lowest BCUT2D eigenvalue weighted by atomic mass is 10.2. The van der Waals surface area contributed by atoms with Crippen LogP contribution in [-0.4, -0.2) is 30.9 Å². The fourth-order valence-corrected chi connectivity index (χ4v) is 2.36. The first-order chi connectivity index (χ1) is 11.7. The summed E-state index contributed by atoms with van der Waals surface area (Å²) in [7, 11) is 1.59. The van der Waals surface area contributed by atoms with Gasteiger partial charge in [-0.15, -0.1) is 11.8 Å². The van der Waals surface area contributed by atoms with Gasteiger partial charge in [-0.2, -0.15) is 0 Å². The van der Waals surface area contributed by atoms with E-state index in [9.17, 15) is 4.79 Å². The van der Waals surface area contributed by atoms with Gasteiger partial charge in [-0.25, -0.2) is 4.98 Å². The third-order valence-electron chi connectivity index (χ3n) is 3.13. The maximum atomic E-state index is 12.0. The highest BCUT2D eigenvalue weighted by Gasteiger charge is 2.04. The van der Waals surface area contributed by atoms with E-state index >= 15 is 0 Å². The number of nitrogens with zero attached hydrogens (tertiary/aromatic N) is 1. The summed E-state index contributed by atoms with van der Waals surface area (Å²) in [6, 6.07) is 9.20. The summed E-state index contributed by atoms with van der Waals surface area (Å²) in [5.74, 6) is 1.10. The van der Waals surface area contributed by atoms with Crippen LogP contribution >= 0.6 is 11.8 Å². The van der Waals surface area contributed by atoms with Crippen molar-refractivity contribution >= 4 is 29.4 Å². The zero-order valence-corrected chi connectivity index (χ0v) is 14.7. The molecule has 0 aliphatic rings. The fraction of sp³-hybridized carbons (Fsp3) is 0.222. The van der Waals surface area contributed by atoms with Crippen molar-refractivity contribution in [1.29, 1.82) is 0 Å². The van der Waals surface area contributed by atoms with E-state index in [4.69, 9.17) is 9.47 Å². The van der Waals surface area contributed by atoms with Gasteiger partial charge in [0.15, 0.2) is 11.5 Å². The molecular formula is C18H20N2O3S. The number of nitrogens with one attached hydrogen (secondary N) is 1. The number of rotatable bonds is 7. The van der Waals surface area contributed by atoms with Crippen molar-refractivity contribution < 1.29 is 14.3 Å². The van der Waals surface area contributed by atoms with Gasteiger partial charge in [-0.1, -0.05) is 6.07 Å². The van der Waals surface area contributed by atoms with Crippen LogP contribution in [0.2, 0.25) is 0 Å². The van der Waals surface area contributed by atoms with Crippen LogP contribution in [0.3, 0.4) is 0 Å². The van der Waals surface area contributed by atoms with Gasteiger partial charge in [0.05, 0.1) is 30.6 Å². The van der Waals surface area contributed by atoms with Gasteiger partial charge in [0, 0.05) is 6.08 Å². The van der Waals surface area contributed by atoms with Crippen LogP contribution in [0.25, 0.3) is 6.08 Å². The number of methoxy groups -OCH3 is 1. The van der Waals surface area contributed by atoms with Crippen LogP contribution in [0.4, 0.5) is 5.69 Å². The quantitative estimate of drug-likeness (QED) is 0.610. The molecule has 0 atom stereocenters. The number of thioether (sulfide) groups is 1. The van der Waals surface area contributed by atoms with E-state index in [1.165, 1.54) is 6.08 Å². The molecule has 1 N–H and O–H groups in total. The van der Waals surface area contributed by atoms with E-state index in [0.717, 1.165) is 10.6 Å².